The number of carboxylic acids is 1. The van der Waals surface area contributed by atoms with Gasteiger partial charge in [0.1, 0.15) is 0 Å². The Kier molecular flexibility index (Phi) is 4.28. The Labute approximate surface area is 95.5 Å². The highest BCUT2D eigenvalue weighted by Crippen LogP contribution is 2.24. The molecule has 0 aromatic rings. The van der Waals surface area contributed by atoms with Gasteiger partial charge in [0.05, 0.1) is 0 Å². The van der Waals surface area contributed by atoms with Gasteiger partial charge < -0.3 is 10.8 Å². The first-order valence-corrected chi connectivity index (χ1v) is 6.89. The van der Waals surface area contributed by atoms with E-state index in [2.05, 4.69) is 0 Å². The summed E-state index contributed by atoms with van der Waals surface area (Å²) in [5, 5.41) is 8.56. The fourth-order valence-electron chi connectivity index (χ4n) is 1.97. The molecule has 1 rings (SSSR count). The van der Waals surface area contributed by atoms with Crippen LogP contribution in [0.15, 0.2) is 0 Å². The van der Waals surface area contributed by atoms with Crippen molar-refractivity contribution in [3.8, 4) is 0 Å². The molecule has 1 fully saturated rings. The number of nitrogens with zero attached hydrogens (tertiary/aromatic N) is 1. The zero-order chi connectivity index (χ0) is 12.3. The molecule has 1 heterocycles. The van der Waals surface area contributed by atoms with Crippen LogP contribution >= 0.6 is 0 Å². The number of carboxylic acid groups (broad SMARTS) is 1. The monoisotopic (exact) mass is 250 g/mol. The molecule has 0 spiro atoms. The van der Waals surface area contributed by atoms with Crippen molar-refractivity contribution >= 4 is 16.0 Å². The maximum atomic E-state index is 11.8. The third-order valence-electron chi connectivity index (χ3n) is 2.92. The molecule has 0 aromatic carbocycles. The second-order valence-electron chi connectivity index (χ2n) is 4.25. The lowest BCUT2D eigenvalue weighted by Crippen LogP contribution is -2.48. The summed E-state index contributed by atoms with van der Waals surface area (Å²) in [4.78, 5) is 10.5. The summed E-state index contributed by atoms with van der Waals surface area (Å²) < 4.78 is 24.8. The summed E-state index contributed by atoms with van der Waals surface area (Å²) in [6.45, 7) is 2.57. The molecular weight excluding hydrogens is 232 g/mol. The highest BCUT2D eigenvalue weighted by molar-refractivity contribution is 7.89. The molecule has 7 heteroatoms. The van der Waals surface area contributed by atoms with Crippen LogP contribution in [0.2, 0.25) is 0 Å². The van der Waals surface area contributed by atoms with E-state index in [0.29, 0.717) is 13.1 Å². The summed E-state index contributed by atoms with van der Waals surface area (Å²) in [5.74, 6) is -2.02. The number of hydrogen-bond donors (Lipinski definition) is 2. The zero-order valence-corrected chi connectivity index (χ0v) is 10.1. The number of nitrogens with two attached hydrogens (primary N) is 1. The van der Waals surface area contributed by atoms with Crippen LogP contribution in [0.5, 0.6) is 0 Å². The number of aliphatic carboxylic acids is 1. The quantitative estimate of drug-likeness (QED) is 0.698. The minimum Gasteiger partial charge on any atom is -0.480 e. The molecule has 0 amide bonds. The van der Waals surface area contributed by atoms with Crippen LogP contribution in [0, 0.1) is 5.92 Å². The molecular formula is C9H18N2O4S. The lowest BCUT2D eigenvalue weighted by molar-refractivity contribution is -0.134. The number of rotatable bonds is 4. The molecule has 0 bridgehead atoms. The molecule has 94 valence electrons. The first-order chi connectivity index (χ1) is 7.36. The highest BCUT2D eigenvalue weighted by Gasteiger charge is 2.34. The van der Waals surface area contributed by atoms with Gasteiger partial charge in [0, 0.05) is 12.6 Å². The first-order valence-electron chi connectivity index (χ1n) is 5.28. The van der Waals surface area contributed by atoms with Gasteiger partial charge in [0.2, 0.25) is 10.0 Å². The molecule has 1 aliphatic heterocycles. The Balaban J connectivity index is 2.79. The van der Waals surface area contributed by atoms with Crippen LogP contribution in [0.1, 0.15) is 19.8 Å². The molecule has 3 N–H and O–H groups in total. The zero-order valence-electron chi connectivity index (χ0n) is 9.30. The fourth-order valence-corrected chi connectivity index (χ4v) is 3.54. The molecule has 1 saturated heterocycles. The minimum atomic E-state index is -3.70. The second-order valence-corrected chi connectivity index (χ2v) is 6.17. The van der Waals surface area contributed by atoms with Gasteiger partial charge in [-0.1, -0.05) is 0 Å². The van der Waals surface area contributed by atoms with Crippen molar-refractivity contribution < 1.29 is 18.3 Å². The van der Waals surface area contributed by atoms with Gasteiger partial charge in [-0.05, 0) is 32.2 Å². The smallest absolute Gasteiger partial charge is 0.320 e. The van der Waals surface area contributed by atoms with E-state index in [4.69, 9.17) is 10.8 Å². The topological polar surface area (TPSA) is 101 Å². The van der Waals surface area contributed by atoms with Crippen molar-refractivity contribution in [2.75, 3.05) is 18.8 Å². The van der Waals surface area contributed by atoms with Gasteiger partial charge in [-0.3, -0.25) is 4.79 Å². The lowest BCUT2D eigenvalue weighted by atomic mass is 9.96. The van der Waals surface area contributed by atoms with Crippen LogP contribution in [0.25, 0.3) is 0 Å². The number of sulfonamides is 1. The molecule has 2 unspecified atom stereocenters. The van der Waals surface area contributed by atoms with Crippen molar-refractivity contribution in [3.05, 3.63) is 0 Å². The Hall–Kier alpha value is -0.660. The van der Waals surface area contributed by atoms with E-state index in [0.717, 1.165) is 12.8 Å². The standard InChI is InChI=1S/C9H18N2O4S/c1-7-2-3-8(4-10)5-11(7)16(14,15)6-9(12)13/h7-8H,2-6,10H2,1H3,(H,12,13). The summed E-state index contributed by atoms with van der Waals surface area (Å²) in [5.41, 5.74) is 5.52. The average molecular weight is 250 g/mol. The maximum absolute atomic E-state index is 11.8. The Morgan fingerprint density at radius 2 is 2.12 bits per heavy atom. The molecule has 6 nitrogen and oxygen atoms in total. The third-order valence-corrected chi connectivity index (χ3v) is 4.75. The normalized spacial score (nSPS) is 27.9. The third kappa shape index (κ3) is 3.16. The van der Waals surface area contributed by atoms with Crippen LogP contribution in [-0.2, 0) is 14.8 Å². The Morgan fingerprint density at radius 1 is 1.50 bits per heavy atom. The Morgan fingerprint density at radius 3 is 2.62 bits per heavy atom. The Bertz CT molecular complexity index is 355. The summed E-state index contributed by atoms with van der Waals surface area (Å²) in [7, 11) is -3.70. The predicted molar refractivity (Wildman–Crippen MR) is 59.4 cm³/mol. The van der Waals surface area contributed by atoms with Crippen LogP contribution in [0.4, 0.5) is 0 Å². The predicted octanol–water partition coefficient (Wildman–Crippen LogP) is -0.540. The molecule has 0 aromatic heterocycles. The first kappa shape index (κ1) is 13.4. The molecule has 0 aliphatic carbocycles. The van der Waals surface area contributed by atoms with E-state index in [1.807, 2.05) is 0 Å². The van der Waals surface area contributed by atoms with E-state index >= 15 is 0 Å². The van der Waals surface area contributed by atoms with Crippen LogP contribution < -0.4 is 5.73 Å². The van der Waals surface area contributed by atoms with Gasteiger partial charge in [-0.2, -0.15) is 4.31 Å². The van der Waals surface area contributed by atoms with Crippen molar-refractivity contribution in [2.24, 2.45) is 11.7 Å². The lowest BCUT2D eigenvalue weighted by Gasteiger charge is -2.36. The van der Waals surface area contributed by atoms with Crippen molar-refractivity contribution in [3.63, 3.8) is 0 Å². The SMILES string of the molecule is CC1CCC(CN)CN1S(=O)(=O)CC(=O)O. The second kappa shape index (κ2) is 5.11. The highest BCUT2D eigenvalue weighted by atomic mass is 32.2. The van der Waals surface area contributed by atoms with E-state index < -0.39 is 21.7 Å². The summed E-state index contributed by atoms with van der Waals surface area (Å²) in [6, 6.07) is -0.132. The van der Waals surface area contributed by atoms with Crippen LogP contribution in [0.3, 0.4) is 0 Å². The van der Waals surface area contributed by atoms with Gasteiger partial charge in [-0.15, -0.1) is 0 Å². The van der Waals surface area contributed by atoms with Gasteiger partial charge in [0.25, 0.3) is 0 Å². The van der Waals surface area contributed by atoms with Crippen LogP contribution in [-0.4, -0.2) is 48.7 Å². The van der Waals surface area contributed by atoms with E-state index in [-0.39, 0.29) is 12.0 Å². The number of piperidine rings is 1. The number of hydrogen-bond acceptors (Lipinski definition) is 4. The van der Waals surface area contributed by atoms with Crippen molar-refractivity contribution in [1.29, 1.82) is 0 Å². The van der Waals surface area contributed by atoms with Crippen molar-refractivity contribution in [2.45, 2.75) is 25.8 Å². The molecule has 0 saturated carbocycles. The largest absolute Gasteiger partial charge is 0.480 e. The van der Waals surface area contributed by atoms with Crippen molar-refractivity contribution in [1.82, 2.24) is 4.31 Å². The maximum Gasteiger partial charge on any atom is 0.320 e. The molecule has 16 heavy (non-hydrogen) atoms. The summed E-state index contributed by atoms with van der Waals surface area (Å²) in [6.07, 6.45) is 1.64. The van der Waals surface area contributed by atoms with Gasteiger partial charge >= 0.3 is 5.97 Å². The number of carbonyl (C=O) groups is 1. The van der Waals surface area contributed by atoms with E-state index in [1.54, 1.807) is 6.92 Å². The fraction of sp³-hybridized carbons (Fsp3) is 0.889. The van der Waals surface area contributed by atoms with E-state index in [9.17, 15) is 13.2 Å². The average Bonchev–Trinajstić information content (AvgIpc) is 2.16. The molecule has 1 aliphatic rings. The van der Waals surface area contributed by atoms with Gasteiger partial charge in [-0.25, -0.2) is 8.42 Å². The molecule has 0 radical (unpaired) electrons. The minimum absolute atomic E-state index is 0.132. The van der Waals surface area contributed by atoms with Gasteiger partial charge in [0.15, 0.2) is 5.75 Å². The molecule has 2 atom stereocenters. The summed E-state index contributed by atoms with van der Waals surface area (Å²) >= 11 is 0. The van der Waals surface area contributed by atoms with E-state index in [1.165, 1.54) is 4.31 Å².